The fraction of sp³-hybridized carbons (Fsp3) is 0.500. The largest absolute Gasteiger partial charge is 0.456 e. The third kappa shape index (κ3) is 10.8. The Morgan fingerprint density at radius 3 is 1.53 bits per heavy atom. The van der Waals surface area contributed by atoms with Crippen LogP contribution in [0.15, 0.2) is 60.7 Å². The van der Waals surface area contributed by atoms with Crippen LogP contribution >= 0.6 is 43.2 Å². The first-order valence-corrected chi connectivity index (χ1v) is 23.7. The van der Waals surface area contributed by atoms with Crippen molar-refractivity contribution in [3.8, 4) is 11.5 Å². The number of rotatable bonds is 18. The Morgan fingerprint density at radius 2 is 1.07 bits per heavy atom. The van der Waals surface area contributed by atoms with Crippen molar-refractivity contribution in [1.29, 1.82) is 0 Å². The Hall–Kier alpha value is -2.81. The van der Waals surface area contributed by atoms with Crippen LogP contribution < -0.4 is 15.4 Å². The van der Waals surface area contributed by atoms with Crippen LogP contribution in [0.5, 0.6) is 11.5 Å². The number of nitrogens with zero attached hydrogens (tertiary/aromatic N) is 2. The van der Waals surface area contributed by atoms with Crippen LogP contribution in [0.25, 0.3) is 0 Å². The van der Waals surface area contributed by atoms with Gasteiger partial charge in [-0.2, -0.15) is 0 Å². The van der Waals surface area contributed by atoms with E-state index in [2.05, 4.69) is 52.9 Å². The number of carbonyl (C=O) groups is 3. The lowest BCUT2D eigenvalue weighted by atomic mass is 9.77. The topological polar surface area (TPSA) is 93.7 Å². The zero-order chi connectivity index (χ0) is 40.2. The van der Waals surface area contributed by atoms with Gasteiger partial charge in [0.15, 0.2) is 5.60 Å². The molecule has 13 heteroatoms. The van der Waals surface area contributed by atoms with E-state index in [0.717, 1.165) is 63.5 Å². The smallest absolute Gasteiger partial charge is 0.340 e. The number of hydrogen-bond donors (Lipinski definition) is 2. The Bertz CT molecular complexity index is 1780. The molecule has 0 saturated carbocycles. The summed E-state index contributed by atoms with van der Waals surface area (Å²) < 4.78 is 14.8. The highest BCUT2D eigenvalue weighted by Gasteiger charge is 2.53. The van der Waals surface area contributed by atoms with Crippen LogP contribution in [-0.4, -0.2) is 105 Å². The number of esters is 1. The third-order valence-electron chi connectivity index (χ3n) is 9.94. The van der Waals surface area contributed by atoms with E-state index in [1.165, 1.54) is 0 Å². The van der Waals surface area contributed by atoms with Crippen LogP contribution in [0.1, 0.15) is 67.6 Å². The van der Waals surface area contributed by atoms with Crippen molar-refractivity contribution >= 4 is 72.3 Å². The second-order valence-electron chi connectivity index (χ2n) is 17.6. The molecule has 1 spiro atoms. The van der Waals surface area contributed by atoms with E-state index in [1.54, 1.807) is 18.2 Å². The van der Waals surface area contributed by atoms with Gasteiger partial charge in [0, 0.05) is 62.5 Å². The number of anilines is 2. The fourth-order valence-corrected chi connectivity index (χ4v) is 11.4. The van der Waals surface area contributed by atoms with E-state index in [1.807, 2.05) is 113 Å². The van der Waals surface area contributed by atoms with Gasteiger partial charge in [-0.1, -0.05) is 89.1 Å². The number of hydrogen-bond acceptors (Lipinski definition) is 9. The molecule has 2 N–H and O–H groups in total. The Kier molecular flexibility index (Phi) is 13.7. The second-order valence-corrected chi connectivity index (χ2v) is 23.0. The van der Waals surface area contributed by atoms with Gasteiger partial charge in [-0.15, -0.1) is 0 Å². The maximum Gasteiger partial charge on any atom is 0.340 e. The molecule has 0 fully saturated rings. The van der Waals surface area contributed by atoms with Gasteiger partial charge in [0.05, 0.1) is 72.4 Å². The summed E-state index contributed by atoms with van der Waals surface area (Å²) in [7, 11) is 20.5. The summed E-state index contributed by atoms with van der Waals surface area (Å²) in [6.07, 6.45) is 1.46. The molecule has 55 heavy (non-hydrogen) atoms. The van der Waals surface area contributed by atoms with E-state index in [9.17, 15) is 14.4 Å². The van der Waals surface area contributed by atoms with Gasteiger partial charge in [0.2, 0.25) is 11.8 Å². The minimum atomic E-state index is -1.26. The fourth-order valence-electron chi connectivity index (χ4n) is 6.11. The van der Waals surface area contributed by atoms with Crippen LogP contribution in [-0.2, 0) is 19.9 Å². The normalized spacial score (nSPS) is 14.8. The van der Waals surface area contributed by atoms with E-state index in [0.29, 0.717) is 39.6 Å². The van der Waals surface area contributed by atoms with Crippen LogP contribution in [0.2, 0.25) is 0 Å². The second kappa shape index (κ2) is 17.4. The van der Waals surface area contributed by atoms with E-state index in [-0.39, 0.29) is 11.8 Å². The highest BCUT2D eigenvalue weighted by atomic mass is 33.1. The molecule has 0 bridgehead atoms. The summed E-state index contributed by atoms with van der Waals surface area (Å²) in [4.78, 5) is 40.6. The van der Waals surface area contributed by atoms with Gasteiger partial charge in [0.25, 0.3) is 0 Å². The molecule has 0 radical (unpaired) electrons. The first kappa shape index (κ1) is 43.3. The van der Waals surface area contributed by atoms with Crippen molar-refractivity contribution in [2.75, 3.05) is 89.0 Å². The summed E-state index contributed by atoms with van der Waals surface area (Å²) in [6.45, 7) is 10.1. The number of ether oxygens (including phenoxy) is 2. The molecular formula is C42H58N4O5S4+2. The molecule has 0 saturated heterocycles. The number of quaternary nitrogens is 2. The van der Waals surface area contributed by atoms with Crippen LogP contribution in [0.3, 0.4) is 0 Å². The Balaban J connectivity index is 1.33. The molecule has 3 aromatic rings. The van der Waals surface area contributed by atoms with Crippen molar-refractivity contribution in [3.63, 3.8) is 0 Å². The summed E-state index contributed by atoms with van der Waals surface area (Å²) in [5, 5.41) is 6.23. The van der Waals surface area contributed by atoms with Gasteiger partial charge >= 0.3 is 5.97 Å². The van der Waals surface area contributed by atoms with Gasteiger partial charge in [-0.3, -0.25) is 9.59 Å². The van der Waals surface area contributed by atoms with Gasteiger partial charge in [-0.05, 0) is 43.2 Å². The number of amides is 2. The summed E-state index contributed by atoms with van der Waals surface area (Å²) in [6, 6.07) is 18.4. The summed E-state index contributed by atoms with van der Waals surface area (Å²) in [5.74, 6) is 4.18. The Labute approximate surface area is 343 Å². The number of benzene rings is 3. The quantitative estimate of drug-likeness (QED) is 0.0564. The van der Waals surface area contributed by atoms with Crippen LogP contribution in [0, 0.1) is 10.8 Å². The molecule has 0 aromatic heterocycles. The predicted octanol–water partition coefficient (Wildman–Crippen LogP) is 9.14. The molecule has 3 aromatic carbocycles. The molecule has 0 atom stereocenters. The first-order valence-electron chi connectivity index (χ1n) is 18.7. The molecule has 2 aliphatic heterocycles. The molecule has 9 nitrogen and oxygen atoms in total. The average molecular weight is 827 g/mol. The minimum absolute atomic E-state index is 0.0817. The van der Waals surface area contributed by atoms with Crippen molar-refractivity contribution in [3.05, 3.63) is 82.9 Å². The maximum atomic E-state index is 13.6. The zero-order valence-electron chi connectivity index (χ0n) is 34.0. The molecule has 0 aliphatic carbocycles. The summed E-state index contributed by atoms with van der Waals surface area (Å²) >= 11 is 0. The van der Waals surface area contributed by atoms with Crippen molar-refractivity contribution in [2.45, 2.75) is 46.1 Å². The SMILES string of the molecule is CC(C)(CCSSCC[N+](C)(C)C)C(=O)Nc1ccc2c(c1)Oc1cc(NC(=O)C(C)(C)CCSSCC[N+](C)(C)C)ccc1C21OC(=O)c2ccccc21. The lowest BCUT2D eigenvalue weighted by molar-refractivity contribution is -0.867. The standard InChI is InChI=1S/C42H56N4O5S4/c1-40(2,19-23-52-54-25-21-45(5,6)7)38(48)43-29-15-17-33-35(27-29)50-36-28-30(44-39(49)41(3,4)20-24-53-55-26-22-46(8,9)10)16-18-34(36)42(33)32-14-12-11-13-31(32)37(47)51-42/h11-18,27-28H,19-26H2,1-10H3/p+2. The maximum absolute atomic E-state index is 13.6. The van der Waals surface area contributed by atoms with Gasteiger partial charge < -0.3 is 29.1 Å². The predicted molar refractivity (Wildman–Crippen MR) is 234 cm³/mol. The number of carbonyl (C=O) groups excluding carboxylic acids is 3. The minimum Gasteiger partial charge on any atom is -0.456 e. The number of fused-ring (bicyclic) bond motifs is 6. The van der Waals surface area contributed by atoms with Crippen LogP contribution in [0.4, 0.5) is 11.4 Å². The molecule has 2 heterocycles. The van der Waals surface area contributed by atoms with E-state index >= 15 is 0 Å². The highest BCUT2D eigenvalue weighted by molar-refractivity contribution is 8.77. The molecule has 298 valence electrons. The lowest BCUT2D eigenvalue weighted by Gasteiger charge is -2.37. The van der Waals surface area contributed by atoms with Gasteiger partial charge in [0.1, 0.15) is 11.5 Å². The number of nitrogens with one attached hydrogen (secondary N) is 2. The zero-order valence-corrected chi connectivity index (χ0v) is 37.3. The van der Waals surface area contributed by atoms with Crippen molar-refractivity contribution in [2.24, 2.45) is 10.8 Å². The third-order valence-corrected chi connectivity index (χ3v) is 14.7. The highest BCUT2D eigenvalue weighted by Crippen LogP contribution is 2.57. The molecule has 2 aliphatic rings. The Morgan fingerprint density at radius 1 is 0.636 bits per heavy atom. The molecular weight excluding hydrogens is 769 g/mol. The average Bonchev–Trinajstić information content (AvgIpc) is 3.39. The lowest BCUT2D eigenvalue weighted by Crippen LogP contribution is -2.36. The van der Waals surface area contributed by atoms with Crippen molar-refractivity contribution < 1.29 is 32.8 Å². The monoisotopic (exact) mass is 826 g/mol. The van der Waals surface area contributed by atoms with Gasteiger partial charge in [-0.25, -0.2) is 4.79 Å². The molecule has 0 unspecified atom stereocenters. The molecule has 5 rings (SSSR count). The van der Waals surface area contributed by atoms with E-state index in [4.69, 9.17) is 9.47 Å². The van der Waals surface area contributed by atoms with E-state index < -0.39 is 22.4 Å². The van der Waals surface area contributed by atoms with Crippen molar-refractivity contribution in [1.82, 2.24) is 0 Å². The first-order chi connectivity index (χ1) is 25.7. The molecule has 2 amide bonds. The summed E-state index contributed by atoms with van der Waals surface area (Å²) in [5.41, 5.74) is 1.24.